The number of aromatic nitrogens is 3. The Bertz CT molecular complexity index is 552. The van der Waals surface area contributed by atoms with Crippen molar-refractivity contribution < 1.29 is 9.90 Å². The van der Waals surface area contributed by atoms with E-state index in [9.17, 15) is 4.79 Å². The first-order valence-electron chi connectivity index (χ1n) is 5.25. The van der Waals surface area contributed by atoms with Crippen molar-refractivity contribution in [2.45, 2.75) is 13.5 Å². The van der Waals surface area contributed by atoms with Gasteiger partial charge in [0, 0.05) is 11.9 Å². The van der Waals surface area contributed by atoms with Crippen molar-refractivity contribution >= 4 is 23.1 Å². The molecule has 0 aliphatic rings. The molecule has 0 saturated carbocycles. The van der Waals surface area contributed by atoms with Crippen molar-refractivity contribution in [2.75, 3.05) is 11.9 Å². The maximum absolute atomic E-state index is 10.7. The van der Waals surface area contributed by atoms with Crippen LogP contribution < -0.4 is 4.90 Å². The van der Waals surface area contributed by atoms with Gasteiger partial charge >= 0.3 is 5.97 Å². The molecule has 2 aromatic rings. The van der Waals surface area contributed by atoms with Gasteiger partial charge in [0.1, 0.15) is 0 Å². The minimum atomic E-state index is -1.07. The van der Waals surface area contributed by atoms with Crippen molar-refractivity contribution in [3.63, 3.8) is 0 Å². The first kappa shape index (κ1) is 12.4. The lowest BCUT2D eigenvalue weighted by Gasteiger charge is -2.16. The molecular formula is C11H12N4O2S. The molecule has 6 nitrogen and oxygen atoms in total. The van der Waals surface area contributed by atoms with E-state index in [0.29, 0.717) is 12.4 Å². The highest BCUT2D eigenvalue weighted by Gasteiger charge is 2.10. The molecule has 18 heavy (non-hydrogen) atoms. The summed E-state index contributed by atoms with van der Waals surface area (Å²) in [5.41, 5.74) is 2.75. The minimum Gasteiger partial charge on any atom is -0.476 e. The maximum atomic E-state index is 10.7. The number of rotatable bonds is 4. The van der Waals surface area contributed by atoms with E-state index >= 15 is 0 Å². The van der Waals surface area contributed by atoms with Crippen molar-refractivity contribution in [1.29, 1.82) is 0 Å². The number of anilines is 1. The van der Waals surface area contributed by atoms with Crippen LogP contribution in [0.25, 0.3) is 0 Å². The Balaban J connectivity index is 2.12. The average Bonchev–Trinajstić information content (AvgIpc) is 2.75. The number of aryl methyl sites for hydroxylation is 1. The molecule has 2 aromatic heterocycles. The van der Waals surface area contributed by atoms with Crippen molar-refractivity contribution in [3.05, 3.63) is 33.9 Å². The summed E-state index contributed by atoms with van der Waals surface area (Å²) in [6, 6.07) is 3.09. The lowest BCUT2D eigenvalue weighted by Crippen LogP contribution is -2.18. The molecule has 0 bridgehead atoms. The van der Waals surface area contributed by atoms with Crippen LogP contribution in [0.5, 0.6) is 0 Å². The van der Waals surface area contributed by atoms with E-state index in [-0.39, 0.29) is 5.69 Å². The molecule has 7 heteroatoms. The number of carboxylic acid groups (broad SMARTS) is 1. The first-order valence-corrected chi connectivity index (χ1v) is 6.13. The third-order valence-electron chi connectivity index (χ3n) is 2.49. The van der Waals surface area contributed by atoms with Crippen molar-refractivity contribution in [3.8, 4) is 0 Å². The van der Waals surface area contributed by atoms with Crippen LogP contribution in [0.3, 0.4) is 0 Å². The predicted octanol–water partition coefficient (Wildman–Crippen LogP) is 1.58. The summed E-state index contributed by atoms with van der Waals surface area (Å²) in [7, 11) is 1.88. The van der Waals surface area contributed by atoms with Gasteiger partial charge in [-0.2, -0.15) is 0 Å². The quantitative estimate of drug-likeness (QED) is 0.903. The minimum absolute atomic E-state index is 0.0545. The summed E-state index contributed by atoms with van der Waals surface area (Å²) < 4.78 is 0. The molecule has 2 rings (SSSR count). The first-order chi connectivity index (χ1) is 8.58. The molecule has 0 amide bonds. The van der Waals surface area contributed by atoms with E-state index in [1.165, 1.54) is 6.07 Å². The summed E-state index contributed by atoms with van der Waals surface area (Å²) in [5, 5.41) is 16.3. The van der Waals surface area contributed by atoms with Gasteiger partial charge < -0.3 is 10.0 Å². The second kappa shape index (κ2) is 5.09. The number of aromatic carboxylic acids is 1. The standard InChI is InChI=1S/C11H12N4O2S/c1-7-9(18-6-12-7)5-15(2)10-4-3-8(11(16)17)13-14-10/h3-4,6H,5H2,1-2H3,(H,16,17). The predicted molar refractivity (Wildman–Crippen MR) is 67.9 cm³/mol. The molecule has 0 aliphatic carbocycles. The Morgan fingerprint density at radius 1 is 1.44 bits per heavy atom. The normalized spacial score (nSPS) is 10.3. The van der Waals surface area contributed by atoms with E-state index in [1.54, 1.807) is 22.9 Å². The van der Waals surface area contributed by atoms with Crippen LogP contribution >= 0.6 is 11.3 Å². The third-order valence-corrected chi connectivity index (χ3v) is 3.41. The molecular weight excluding hydrogens is 252 g/mol. The van der Waals surface area contributed by atoms with Gasteiger partial charge in [0.15, 0.2) is 11.5 Å². The lowest BCUT2D eigenvalue weighted by molar-refractivity contribution is 0.0689. The molecule has 0 atom stereocenters. The van der Waals surface area contributed by atoms with Gasteiger partial charge in [-0.25, -0.2) is 9.78 Å². The summed E-state index contributed by atoms with van der Waals surface area (Å²) in [6.07, 6.45) is 0. The van der Waals surface area contributed by atoms with Gasteiger partial charge in [-0.3, -0.25) is 0 Å². The topological polar surface area (TPSA) is 79.2 Å². The fourth-order valence-corrected chi connectivity index (χ4v) is 2.25. The molecule has 0 radical (unpaired) electrons. The lowest BCUT2D eigenvalue weighted by atomic mass is 10.3. The second-order valence-electron chi connectivity index (χ2n) is 3.80. The zero-order valence-electron chi connectivity index (χ0n) is 9.99. The Morgan fingerprint density at radius 2 is 2.22 bits per heavy atom. The molecule has 0 saturated heterocycles. The van der Waals surface area contributed by atoms with E-state index in [2.05, 4.69) is 15.2 Å². The SMILES string of the molecule is Cc1ncsc1CN(C)c1ccc(C(=O)O)nn1. The Morgan fingerprint density at radius 3 is 2.72 bits per heavy atom. The zero-order valence-corrected chi connectivity index (χ0v) is 10.8. The van der Waals surface area contributed by atoms with Gasteiger partial charge in [0.25, 0.3) is 0 Å². The smallest absolute Gasteiger partial charge is 0.356 e. The van der Waals surface area contributed by atoms with E-state index in [4.69, 9.17) is 5.11 Å². The fourth-order valence-electron chi connectivity index (χ4n) is 1.42. The second-order valence-corrected chi connectivity index (χ2v) is 4.74. The monoisotopic (exact) mass is 264 g/mol. The third kappa shape index (κ3) is 2.62. The number of carboxylic acids is 1. The molecule has 0 fully saturated rings. The molecule has 2 heterocycles. The van der Waals surface area contributed by atoms with Gasteiger partial charge in [-0.05, 0) is 19.1 Å². The Hall–Kier alpha value is -2.02. The molecule has 0 aliphatic heterocycles. The molecule has 94 valence electrons. The van der Waals surface area contributed by atoms with Gasteiger partial charge in [-0.1, -0.05) is 0 Å². The number of carbonyl (C=O) groups is 1. The molecule has 0 aromatic carbocycles. The largest absolute Gasteiger partial charge is 0.476 e. The van der Waals surface area contributed by atoms with Gasteiger partial charge in [-0.15, -0.1) is 21.5 Å². The summed E-state index contributed by atoms with van der Waals surface area (Å²) in [6.45, 7) is 2.64. The van der Waals surface area contributed by atoms with Crippen LogP contribution in [0.1, 0.15) is 21.1 Å². The van der Waals surface area contributed by atoms with Gasteiger partial charge in [0.05, 0.1) is 17.7 Å². The highest BCUT2D eigenvalue weighted by atomic mass is 32.1. The van der Waals surface area contributed by atoms with Gasteiger partial charge in [0.2, 0.25) is 0 Å². The van der Waals surface area contributed by atoms with Crippen LogP contribution in [0.15, 0.2) is 17.6 Å². The highest BCUT2D eigenvalue weighted by Crippen LogP contribution is 2.17. The molecule has 1 N–H and O–H groups in total. The van der Waals surface area contributed by atoms with Crippen LogP contribution in [-0.4, -0.2) is 33.3 Å². The summed E-state index contributed by atoms with van der Waals surface area (Å²) in [4.78, 5) is 17.9. The Kier molecular flexibility index (Phi) is 3.52. The van der Waals surface area contributed by atoms with E-state index in [0.717, 1.165) is 10.6 Å². The average molecular weight is 264 g/mol. The number of hydrogen-bond acceptors (Lipinski definition) is 6. The molecule has 0 unspecified atom stereocenters. The molecule has 0 spiro atoms. The Labute approximate surface area is 108 Å². The zero-order chi connectivity index (χ0) is 13.1. The van der Waals surface area contributed by atoms with E-state index < -0.39 is 5.97 Å². The fraction of sp³-hybridized carbons (Fsp3) is 0.273. The van der Waals surface area contributed by atoms with E-state index in [1.807, 2.05) is 18.9 Å². The van der Waals surface area contributed by atoms with Crippen LogP contribution in [0.2, 0.25) is 0 Å². The summed E-state index contributed by atoms with van der Waals surface area (Å²) >= 11 is 1.59. The maximum Gasteiger partial charge on any atom is 0.356 e. The van der Waals surface area contributed by atoms with Crippen molar-refractivity contribution in [1.82, 2.24) is 15.2 Å². The van der Waals surface area contributed by atoms with Crippen LogP contribution in [-0.2, 0) is 6.54 Å². The van der Waals surface area contributed by atoms with Crippen LogP contribution in [0.4, 0.5) is 5.82 Å². The van der Waals surface area contributed by atoms with Crippen LogP contribution in [0, 0.1) is 6.92 Å². The van der Waals surface area contributed by atoms with Crippen molar-refractivity contribution in [2.24, 2.45) is 0 Å². The summed E-state index contributed by atoms with van der Waals surface area (Å²) in [5.74, 6) is -0.442. The highest BCUT2D eigenvalue weighted by molar-refractivity contribution is 7.09. The number of hydrogen-bond donors (Lipinski definition) is 1. The number of nitrogens with zero attached hydrogens (tertiary/aromatic N) is 4. The number of thiazole rings is 1.